The van der Waals surface area contributed by atoms with Crippen LogP contribution in [0, 0.1) is 0 Å². The molecule has 1 atom stereocenters. The molecule has 0 aromatic carbocycles. The summed E-state index contributed by atoms with van der Waals surface area (Å²) in [5.74, 6) is 0. The number of aromatic nitrogens is 2. The summed E-state index contributed by atoms with van der Waals surface area (Å²) in [6.07, 6.45) is 5.10. The summed E-state index contributed by atoms with van der Waals surface area (Å²) in [5.41, 5.74) is 2.48. The highest BCUT2D eigenvalue weighted by atomic mass is 32.1. The Bertz CT molecular complexity index is 566. The molecule has 0 amide bonds. The average molecular weight is 263 g/mol. The van der Waals surface area contributed by atoms with Crippen molar-refractivity contribution >= 4 is 27.6 Å². The van der Waals surface area contributed by atoms with Gasteiger partial charge in [-0.1, -0.05) is 0 Å². The second-order valence-electron chi connectivity index (χ2n) is 3.93. The van der Waals surface area contributed by atoms with Gasteiger partial charge in [-0.3, -0.25) is 4.40 Å². The Labute approximate surface area is 108 Å². The van der Waals surface area contributed by atoms with E-state index in [0.717, 1.165) is 17.1 Å². The lowest BCUT2D eigenvalue weighted by molar-refractivity contribution is 0.588. The van der Waals surface area contributed by atoms with Crippen LogP contribution in [0.2, 0.25) is 0 Å². The van der Waals surface area contributed by atoms with Crippen molar-refractivity contribution in [3.05, 3.63) is 45.9 Å². The van der Waals surface area contributed by atoms with Crippen molar-refractivity contribution in [1.82, 2.24) is 14.7 Å². The Balaban J connectivity index is 1.83. The minimum atomic E-state index is 0.353. The van der Waals surface area contributed by atoms with Crippen LogP contribution in [0.4, 0.5) is 0 Å². The third kappa shape index (κ3) is 2.13. The largest absolute Gasteiger partial charge is 0.313 e. The fourth-order valence-corrected chi connectivity index (χ4v) is 3.38. The fourth-order valence-electron chi connectivity index (χ4n) is 1.94. The number of imidazole rings is 1. The van der Waals surface area contributed by atoms with Gasteiger partial charge in [-0.25, -0.2) is 4.98 Å². The predicted molar refractivity (Wildman–Crippen MR) is 72.9 cm³/mol. The molecule has 3 aromatic heterocycles. The van der Waals surface area contributed by atoms with Gasteiger partial charge in [0.25, 0.3) is 0 Å². The maximum absolute atomic E-state index is 4.62. The van der Waals surface area contributed by atoms with Crippen LogP contribution in [0.25, 0.3) is 4.96 Å². The number of fused-ring (bicyclic) bond motifs is 1. The number of nitrogens with zero attached hydrogens (tertiary/aromatic N) is 2. The number of hydrogen-bond acceptors (Lipinski definition) is 4. The van der Waals surface area contributed by atoms with Crippen molar-refractivity contribution < 1.29 is 0 Å². The molecule has 0 fully saturated rings. The van der Waals surface area contributed by atoms with Crippen molar-refractivity contribution in [2.75, 3.05) is 7.05 Å². The molecule has 0 radical (unpaired) electrons. The highest BCUT2D eigenvalue weighted by Crippen LogP contribution is 2.21. The zero-order valence-electron chi connectivity index (χ0n) is 9.46. The van der Waals surface area contributed by atoms with E-state index in [1.54, 1.807) is 22.7 Å². The fraction of sp³-hybridized carbons (Fsp3) is 0.250. The lowest BCUT2D eigenvalue weighted by Crippen LogP contribution is -2.18. The van der Waals surface area contributed by atoms with E-state index in [-0.39, 0.29) is 0 Å². The highest BCUT2D eigenvalue weighted by Gasteiger charge is 2.12. The van der Waals surface area contributed by atoms with Crippen LogP contribution in [0.3, 0.4) is 0 Å². The molecule has 0 saturated heterocycles. The summed E-state index contributed by atoms with van der Waals surface area (Å²) in [6.45, 7) is 0. The predicted octanol–water partition coefficient (Wildman–Crippen LogP) is 2.96. The molecule has 0 bridgehead atoms. The molecule has 0 saturated carbocycles. The molecule has 3 aromatic rings. The van der Waals surface area contributed by atoms with Crippen molar-refractivity contribution in [2.24, 2.45) is 0 Å². The normalized spacial score (nSPS) is 13.2. The van der Waals surface area contributed by atoms with Gasteiger partial charge in [-0.05, 0) is 29.4 Å². The van der Waals surface area contributed by atoms with E-state index in [9.17, 15) is 0 Å². The van der Waals surface area contributed by atoms with Gasteiger partial charge in [0.1, 0.15) is 0 Å². The summed E-state index contributed by atoms with van der Waals surface area (Å²) in [6, 6.07) is 2.52. The molecule has 17 heavy (non-hydrogen) atoms. The number of likely N-dealkylation sites (N-methyl/N-ethyl adjacent to an activating group) is 1. The molecule has 0 aliphatic carbocycles. The monoisotopic (exact) mass is 263 g/mol. The van der Waals surface area contributed by atoms with Crippen LogP contribution in [0.15, 0.2) is 34.6 Å². The second kappa shape index (κ2) is 4.60. The first-order valence-corrected chi connectivity index (χ1v) is 7.29. The zero-order chi connectivity index (χ0) is 11.7. The average Bonchev–Trinajstić information content (AvgIpc) is 3.01. The van der Waals surface area contributed by atoms with E-state index in [2.05, 4.69) is 49.3 Å². The molecular formula is C12H13N3S2. The molecule has 0 aliphatic rings. The van der Waals surface area contributed by atoms with E-state index >= 15 is 0 Å². The molecule has 1 N–H and O–H groups in total. The van der Waals surface area contributed by atoms with E-state index < -0.39 is 0 Å². The van der Waals surface area contributed by atoms with Gasteiger partial charge in [0.15, 0.2) is 4.96 Å². The van der Waals surface area contributed by atoms with E-state index in [4.69, 9.17) is 0 Å². The number of rotatable bonds is 4. The first-order valence-electron chi connectivity index (χ1n) is 5.47. The van der Waals surface area contributed by atoms with Gasteiger partial charge in [-0.2, -0.15) is 11.3 Å². The van der Waals surface area contributed by atoms with E-state index in [0.29, 0.717) is 6.04 Å². The number of thiazole rings is 1. The third-order valence-electron chi connectivity index (χ3n) is 2.85. The quantitative estimate of drug-likeness (QED) is 0.784. The summed E-state index contributed by atoms with van der Waals surface area (Å²) in [5, 5.41) is 9.72. The minimum Gasteiger partial charge on any atom is -0.313 e. The van der Waals surface area contributed by atoms with Crippen LogP contribution in [-0.4, -0.2) is 16.4 Å². The zero-order valence-corrected chi connectivity index (χ0v) is 11.1. The summed E-state index contributed by atoms with van der Waals surface area (Å²) >= 11 is 3.41. The molecule has 5 heteroatoms. The summed E-state index contributed by atoms with van der Waals surface area (Å²) < 4.78 is 2.08. The lowest BCUT2D eigenvalue weighted by Gasteiger charge is -2.12. The van der Waals surface area contributed by atoms with Crippen molar-refractivity contribution in [2.45, 2.75) is 12.5 Å². The van der Waals surface area contributed by atoms with Gasteiger partial charge in [0.05, 0.1) is 5.69 Å². The van der Waals surface area contributed by atoms with Gasteiger partial charge >= 0.3 is 0 Å². The Kier molecular flexibility index (Phi) is 2.96. The van der Waals surface area contributed by atoms with Crippen LogP contribution in [-0.2, 0) is 6.42 Å². The lowest BCUT2D eigenvalue weighted by atomic mass is 10.1. The van der Waals surface area contributed by atoms with Crippen LogP contribution in [0.1, 0.15) is 17.3 Å². The Morgan fingerprint density at radius 1 is 1.47 bits per heavy atom. The van der Waals surface area contributed by atoms with Crippen molar-refractivity contribution in [1.29, 1.82) is 0 Å². The van der Waals surface area contributed by atoms with Crippen LogP contribution < -0.4 is 5.32 Å². The van der Waals surface area contributed by atoms with Crippen LogP contribution in [0.5, 0.6) is 0 Å². The SMILES string of the molecule is CNC(Cc1cn2ccsc2n1)c1ccsc1. The minimum absolute atomic E-state index is 0.353. The van der Waals surface area contributed by atoms with Gasteiger partial charge in [-0.15, -0.1) is 11.3 Å². The van der Waals surface area contributed by atoms with E-state index in [1.165, 1.54) is 5.56 Å². The molecule has 3 nitrogen and oxygen atoms in total. The van der Waals surface area contributed by atoms with E-state index in [1.807, 2.05) is 7.05 Å². The number of thiophene rings is 1. The van der Waals surface area contributed by atoms with Crippen molar-refractivity contribution in [3.8, 4) is 0 Å². The molecule has 88 valence electrons. The maximum atomic E-state index is 4.62. The number of hydrogen-bond donors (Lipinski definition) is 1. The van der Waals surface area contributed by atoms with Crippen LogP contribution >= 0.6 is 22.7 Å². The first-order chi connectivity index (χ1) is 8.36. The van der Waals surface area contributed by atoms with Gasteiger partial charge in [0, 0.05) is 30.2 Å². The molecular weight excluding hydrogens is 250 g/mol. The smallest absolute Gasteiger partial charge is 0.193 e. The van der Waals surface area contributed by atoms with Gasteiger partial charge in [0.2, 0.25) is 0 Å². The Hall–Kier alpha value is -1.17. The topological polar surface area (TPSA) is 29.3 Å². The highest BCUT2D eigenvalue weighted by molar-refractivity contribution is 7.15. The standard InChI is InChI=1S/C12H13N3S2/c1-13-11(9-2-4-16-8-9)6-10-7-15-3-5-17-12(15)14-10/h2-5,7-8,11,13H,6H2,1H3. The summed E-state index contributed by atoms with van der Waals surface area (Å²) in [7, 11) is 2.00. The number of nitrogens with one attached hydrogen (secondary N) is 1. The Morgan fingerprint density at radius 3 is 3.12 bits per heavy atom. The molecule has 1 unspecified atom stereocenters. The van der Waals surface area contributed by atoms with Gasteiger partial charge < -0.3 is 5.32 Å². The van der Waals surface area contributed by atoms with Crippen molar-refractivity contribution in [3.63, 3.8) is 0 Å². The molecule has 0 aliphatic heterocycles. The maximum Gasteiger partial charge on any atom is 0.193 e. The molecule has 3 rings (SSSR count). The first kappa shape index (κ1) is 11.0. The molecule has 0 spiro atoms. The molecule has 3 heterocycles. The second-order valence-corrected chi connectivity index (χ2v) is 5.58. The summed E-state index contributed by atoms with van der Waals surface area (Å²) in [4.78, 5) is 5.68. The Morgan fingerprint density at radius 2 is 2.41 bits per heavy atom. The third-order valence-corrected chi connectivity index (χ3v) is 4.32.